The van der Waals surface area contributed by atoms with E-state index in [1.165, 1.54) is 25.1 Å². The normalized spacial score (nSPS) is 13.3. The van der Waals surface area contributed by atoms with E-state index in [-0.39, 0.29) is 11.3 Å². The summed E-state index contributed by atoms with van der Waals surface area (Å²) >= 11 is 0. The lowest BCUT2D eigenvalue weighted by molar-refractivity contribution is -0.125. The Kier molecular flexibility index (Phi) is 5.33. The topological polar surface area (TPSA) is 125 Å². The van der Waals surface area contributed by atoms with E-state index in [2.05, 4.69) is 10.6 Å². The maximum absolute atomic E-state index is 12.0. The van der Waals surface area contributed by atoms with Gasteiger partial charge in [0.2, 0.25) is 5.91 Å². The van der Waals surface area contributed by atoms with Gasteiger partial charge in [-0.2, -0.15) is 0 Å². The van der Waals surface area contributed by atoms with E-state index in [4.69, 9.17) is 5.73 Å². The van der Waals surface area contributed by atoms with Crippen LogP contribution in [0.4, 0.5) is 5.69 Å². The molecule has 1 aromatic rings. The molecule has 7 nitrogen and oxygen atoms in total. The summed E-state index contributed by atoms with van der Waals surface area (Å²) in [6.45, 7) is 3.50. The second kappa shape index (κ2) is 6.76. The Morgan fingerprint density at radius 1 is 1.40 bits per heavy atom. The number of aromatic hydroxyl groups is 1. The molecular formula is C13H19N3O4. The van der Waals surface area contributed by atoms with Gasteiger partial charge in [0.25, 0.3) is 5.91 Å². The molecule has 0 aliphatic heterocycles. The second-order valence-corrected chi connectivity index (χ2v) is 4.36. The van der Waals surface area contributed by atoms with Crippen LogP contribution in [0.5, 0.6) is 5.75 Å². The number of aliphatic hydroxyl groups is 1. The quantitative estimate of drug-likeness (QED) is 0.469. The molecule has 2 amide bonds. The number of phenolic OH excluding ortho intramolecular Hbond substituents is 1. The fourth-order valence-corrected chi connectivity index (χ4v) is 1.65. The van der Waals surface area contributed by atoms with E-state index in [9.17, 15) is 19.8 Å². The smallest absolute Gasteiger partial charge is 0.255 e. The molecule has 0 aromatic heterocycles. The van der Waals surface area contributed by atoms with Crippen molar-refractivity contribution in [3.63, 3.8) is 0 Å². The van der Waals surface area contributed by atoms with E-state index in [0.29, 0.717) is 12.2 Å². The number of nitrogens with one attached hydrogen (secondary N) is 2. The Hall–Kier alpha value is -2.28. The van der Waals surface area contributed by atoms with Crippen LogP contribution < -0.4 is 16.4 Å². The van der Waals surface area contributed by atoms with E-state index in [1.807, 2.05) is 0 Å². The number of nitrogens with two attached hydrogens (primary N) is 1. The molecule has 0 aliphatic rings. The van der Waals surface area contributed by atoms with E-state index >= 15 is 0 Å². The Morgan fingerprint density at radius 3 is 2.55 bits per heavy atom. The van der Waals surface area contributed by atoms with Crippen LogP contribution in [0.2, 0.25) is 0 Å². The highest BCUT2D eigenvalue weighted by Gasteiger charge is 2.26. The molecule has 110 valence electrons. The SMILES string of the molecule is CCNC(=O)[C@@H](NC(=O)c1ccc(N)cc1O)[C@@H](C)O. The summed E-state index contributed by atoms with van der Waals surface area (Å²) in [5.74, 6) is -1.45. The van der Waals surface area contributed by atoms with Crippen molar-refractivity contribution in [1.82, 2.24) is 10.6 Å². The van der Waals surface area contributed by atoms with Crippen LogP contribution in [-0.4, -0.2) is 40.7 Å². The molecule has 0 saturated carbocycles. The van der Waals surface area contributed by atoms with Crippen LogP contribution >= 0.6 is 0 Å². The summed E-state index contributed by atoms with van der Waals surface area (Å²) in [5, 5.41) is 24.1. The van der Waals surface area contributed by atoms with Crippen LogP contribution in [0, 0.1) is 0 Å². The first-order valence-electron chi connectivity index (χ1n) is 6.22. The van der Waals surface area contributed by atoms with E-state index < -0.39 is 24.0 Å². The van der Waals surface area contributed by atoms with Crippen molar-refractivity contribution < 1.29 is 19.8 Å². The Balaban J connectivity index is 2.88. The molecule has 0 radical (unpaired) electrons. The molecule has 20 heavy (non-hydrogen) atoms. The number of aliphatic hydroxyl groups excluding tert-OH is 1. The molecule has 7 heteroatoms. The predicted octanol–water partition coefficient (Wildman–Crippen LogP) is -0.410. The molecule has 0 bridgehead atoms. The fourth-order valence-electron chi connectivity index (χ4n) is 1.65. The van der Waals surface area contributed by atoms with Crippen molar-refractivity contribution in [3.8, 4) is 5.75 Å². The van der Waals surface area contributed by atoms with Gasteiger partial charge in [-0.15, -0.1) is 0 Å². The van der Waals surface area contributed by atoms with Gasteiger partial charge in [-0.25, -0.2) is 0 Å². The molecule has 0 saturated heterocycles. The molecule has 1 aromatic carbocycles. The zero-order chi connectivity index (χ0) is 15.3. The first-order valence-corrected chi connectivity index (χ1v) is 6.22. The standard InChI is InChI=1S/C13H19N3O4/c1-3-15-13(20)11(7(2)17)16-12(19)9-5-4-8(14)6-10(9)18/h4-7,11,17-18H,3,14H2,1-2H3,(H,15,20)(H,16,19)/t7-,11+/m1/s1. The molecule has 6 N–H and O–H groups in total. The van der Waals surface area contributed by atoms with Gasteiger partial charge in [0.15, 0.2) is 0 Å². The number of nitrogen functional groups attached to an aromatic ring is 1. The summed E-state index contributed by atoms with van der Waals surface area (Å²) in [6.07, 6.45) is -1.07. The minimum absolute atomic E-state index is 0.0193. The maximum Gasteiger partial charge on any atom is 0.255 e. The average molecular weight is 281 g/mol. The monoisotopic (exact) mass is 281 g/mol. The van der Waals surface area contributed by atoms with Crippen molar-refractivity contribution in [2.75, 3.05) is 12.3 Å². The number of phenols is 1. The minimum atomic E-state index is -1.10. The van der Waals surface area contributed by atoms with Crippen LogP contribution in [0.25, 0.3) is 0 Å². The molecule has 2 atom stereocenters. The van der Waals surface area contributed by atoms with Gasteiger partial charge in [-0.1, -0.05) is 0 Å². The third-order valence-corrected chi connectivity index (χ3v) is 2.67. The van der Waals surface area contributed by atoms with Crippen LogP contribution in [0.15, 0.2) is 18.2 Å². The number of amides is 2. The maximum atomic E-state index is 12.0. The summed E-state index contributed by atoms with van der Waals surface area (Å²) in [6, 6.07) is 2.94. The van der Waals surface area contributed by atoms with Crippen molar-refractivity contribution in [2.24, 2.45) is 0 Å². The summed E-state index contributed by atoms with van der Waals surface area (Å²) < 4.78 is 0. The number of benzene rings is 1. The molecule has 0 heterocycles. The molecule has 1 rings (SSSR count). The lowest BCUT2D eigenvalue weighted by Crippen LogP contribution is -2.52. The number of carbonyl (C=O) groups excluding carboxylic acids is 2. The highest BCUT2D eigenvalue weighted by atomic mass is 16.3. The van der Waals surface area contributed by atoms with Gasteiger partial charge in [0.05, 0.1) is 11.7 Å². The number of hydrogen-bond donors (Lipinski definition) is 5. The van der Waals surface area contributed by atoms with Crippen molar-refractivity contribution in [3.05, 3.63) is 23.8 Å². The zero-order valence-electron chi connectivity index (χ0n) is 11.4. The van der Waals surface area contributed by atoms with Crippen molar-refractivity contribution >= 4 is 17.5 Å². The van der Waals surface area contributed by atoms with Gasteiger partial charge in [0, 0.05) is 18.3 Å². The number of rotatable bonds is 5. The van der Waals surface area contributed by atoms with Gasteiger partial charge in [0.1, 0.15) is 11.8 Å². The van der Waals surface area contributed by atoms with Crippen LogP contribution in [0.1, 0.15) is 24.2 Å². The highest BCUT2D eigenvalue weighted by Crippen LogP contribution is 2.20. The van der Waals surface area contributed by atoms with Crippen LogP contribution in [-0.2, 0) is 4.79 Å². The van der Waals surface area contributed by atoms with Gasteiger partial charge < -0.3 is 26.6 Å². The predicted molar refractivity (Wildman–Crippen MR) is 74.1 cm³/mol. The Bertz CT molecular complexity index is 502. The average Bonchev–Trinajstić information content (AvgIpc) is 2.35. The third-order valence-electron chi connectivity index (χ3n) is 2.67. The van der Waals surface area contributed by atoms with E-state index in [0.717, 1.165) is 0 Å². The Morgan fingerprint density at radius 2 is 2.05 bits per heavy atom. The fraction of sp³-hybridized carbons (Fsp3) is 0.385. The summed E-state index contributed by atoms with van der Waals surface area (Å²) in [5.41, 5.74) is 5.76. The largest absolute Gasteiger partial charge is 0.507 e. The molecule has 0 aliphatic carbocycles. The molecular weight excluding hydrogens is 262 g/mol. The lowest BCUT2D eigenvalue weighted by Gasteiger charge is -2.20. The minimum Gasteiger partial charge on any atom is -0.507 e. The van der Waals surface area contributed by atoms with Crippen molar-refractivity contribution in [1.29, 1.82) is 0 Å². The highest BCUT2D eigenvalue weighted by molar-refractivity contribution is 6.00. The zero-order valence-corrected chi connectivity index (χ0v) is 11.4. The Labute approximate surface area is 116 Å². The van der Waals surface area contributed by atoms with Gasteiger partial charge in [-0.05, 0) is 26.0 Å². The van der Waals surface area contributed by atoms with Crippen molar-refractivity contribution in [2.45, 2.75) is 26.0 Å². The first-order chi connectivity index (χ1) is 9.36. The number of carbonyl (C=O) groups is 2. The second-order valence-electron chi connectivity index (χ2n) is 4.36. The molecule has 0 fully saturated rings. The van der Waals surface area contributed by atoms with Crippen LogP contribution in [0.3, 0.4) is 0 Å². The summed E-state index contributed by atoms with van der Waals surface area (Å²) in [4.78, 5) is 23.7. The van der Waals surface area contributed by atoms with Gasteiger partial charge in [-0.3, -0.25) is 9.59 Å². The third kappa shape index (κ3) is 3.86. The molecule has 0 unspecified atom stereocenters. The number of likely N-dealkylation sites (N-methyl/N-ethyl adjacent to an activating group) is 1. The molecule has 0 spiro atoms. The van der Waals surface area contributed by atoms with E-state index in [1.54, 1.807) is 6.92 Å². The van der Waals surface area contributed by atoms with Gasteiger partial charge >= 0.3 is 0 Å². The number of hydrogen-bond acceptors (Lipinski definition) is 5. The summed E-state index contributed by atoms with van der Waals surface area (Å²) in [7, 11) is 0. The lowest BCUT2D eigenvalue weighted by atomic mass is 10.1. The first kappa shape index (κ1) is 15.8. The number of anilines is 1.